The third-order valence-electron chi connectivity index (χ3n) is 14.9. The van der Waals surface area contributed by atoms with Gasteiger partial charge in [-0.25, -0.2) is 24.3 Å². The van der Waals surface area contributed by atoms with Crippen molar-refractivity contribution in [2.45, 2.75) is 126 Å². The van der Waals surface area contributed by atoms with Crippen molar-refractivity contribution in [3.8, 4) is 16.2 Å². The number of piperidine rings is 2. The first-order chi connectivity index (χ1) is 34.3. The summed E-state index contributed by atoms with van der Waals surface area (Å²) in [6.45, 7) is 14.0. The Morgan fingerprint density at radius 3 is 2.38 bits per heavy atom. The van der Waals surface area contributed by atoms with Gasteiger partial charge in [-0.15, -0.1) is 11.3 Å². The third kappa shape index (κ3) is 11.3. The predicted octanol–water partition coefficient (Wildman–Crippen LogP) is 5.79. The SMILES string of the molecule is Cc1ncsc1-c1ccc(CNC(=O)[C@@H]2C[C@@H](O)CN2C(=O)[C@@H](NC(=O)C2(F)CC2)C(C)(C)C)c(OC2CCN(C(=O)C3CN(c4nccc(Sc5cnc(N6CCC(C)(CN)CC6)cn5)c4Cl)C3)CC2)c1. The molecule has 1 aromatic carbocycles. The quantitative estimate of drug-likeness (QED) is 0.111. The summed E-state index contributed by atoms with van der Waals surface area (Å²) in [5, 5.41) is 17.5. The molecule has 1 saturated carbocycles. The van der Waals surface area contributed by atoms with E-state index in [2.05, 4.69) is 37.4 Å². The van der Waals surface area contributed by atoms with Crippen molar-refractivity contribution in [3.63, 3.8) is 0 Å². The molecule has 0 unspecified atom stereocenters. The molecule has 386 valence electrons. The molecule has 1 aliphatic carbocycles. The summed E-state index contributed by atoms with van der Waals surface area (Å²) in [7, 11) is 0. The zero-order valence-corrected chi connectivity index (χ0v) is 43.9. The summed E-state index contributed by atoms with van der Waals surface area (Å²) in [6.07, 6.45) is 7.61. The number of aliphatic hydroxyl groups is 1. The number of hydrogen-bond acceptors (Lipinski definition) is 15. The number of hydrogen-bond donors (Lipinski definition) is 4. The van der Waals surface area contributed by atoms with Gasteiger partial charge in [-0.1, -0.05) is 63.2 Å². The second-order valence-electron chi connectivity index (χ2n) is 21.4. The van der Waals surface area contributed by atoms with Gasteiger partial charge in [0.05, 0.1) is 45.5 Å². The van der Waals surface area contributed by atoms with Gasteiger partial charge in [0.1, 0.15) is 40.6 Å². The van der Waals surface area contributed by atoms with Gasteiger partial charge in [-0.2, -0.15) is 0 Å². The molecule has 0 radical (unpaired) electrons. The van der Waals surface area contributed by atoms with Gasteiger partial charge in [0.15, 0.2) is 5.67 Å². The fourth-order valence-electron chi connectivity index (χ4n) is 9.82. The number of amides is 4. The van der Waals surface area contributed by atoms with Crippen molar-refractivity contribution in [3.05, 3.63) is 64.6 Å². The van der Waals surface area contributed by atoms with E-state index in [-0.39, 0.29) is 55.7 Å². The molecule has 72 heavy (non-hydrogen) atoms. The van der Waals surface area contributed by atoms with Crippen LogP contribution in [0.5, 0.6) is 5.75 Å². The topological polar surface area (TPSA) is 212 Å². The Morgan fingerprint density at radius 2 is 1.74 bits per heavy atom. The first kappa shape index (κ1) is 51.7. The van der Waals surface area contributed by atoms with E-state index in [0.29, 0.717) is 67.7 Å². The molecular weight excluding hydrogens is 981 g/mol. The van der Waals surface area contributed by atoms with Gasteiger partial charge in [0, 0.05) is 88.3 Å². The van der Waals surface area contributed by atoms with E-state index in [9.17, 15) is 28.7 Å². The van der Waals surface area contributed by atoms with Crippen LogP contribution in [0.4, 0.5) is 16.0 Å². The van der Waals surface area contributed by atoms with E-state index < -0.39 is 47.0 Å². The number of thiazole rings is 1. The molecule has 4 aliphatic heterocycles. The highest BCUT2D eigenvalue weighted by Crippen LogP contribution is 2.42. The van der Waals surface area contributed by atoms with Crippen molar-refractivity contribution in [2.24, 2.45) is 22.5 Å². The second kappa shape index (κ2) is 21.0. The Labute approximate surface area is 433 Å². The smallest absolute Gasteiger partial charge is 0.258 e. The van der Waals surface area contributed by atoms with Crippen LogP contribution in [0, 0.1) is 23.7 Å². The second-order valence-corrected chi connectivity index (χ2v) is 23.7. The number of carbonyl (C=O) groups excluding carboxylic acids is 4. The number of likely N-dealkylation sites (tertiary alicyclic amines) is 2. The summed E-state index contributed by atoms with van der Waals surface area (Å²) in [6, 6.07) is 5.56. The number of alkyl halides is 1. The number of pyridine rings is 1. The zero-order valence-electron chi connectivity index (χ0n) is 41.5. The van der Waals surface area contributed by atoms with Gasteiger partial charge in [-0.05, 0) is 67.7 Å². The van der Waals surface area contributed by atoms with Gasteiger partial charge in [0.2, 0.25) is 17.7 Å². The van der Waals surface area contributed by atoms with Crippen LogP contribution >= 0.6 is 34.7 Å². The molecule has 0 spiro atoms. The highest BCUT2D eigenvalue weighted by molar-refractivity contribution is 7.99. The highest BCUT2D eigenvalue weighted by atomic mass is 35.5. The first-order valence-corrected chi connectivity index (χ1v) is 27.0. The molecule has 3 aromatic heterocycles. The normalized spacial score (nSPS) is 21.5. The fourth-order valence-corrected chi connectivity index (χ4v) is 11.7. The van der Waals surface area contributed by atoms with Crippen molar-refractivity contribution < 1.29 is 33.4 Å². The number of aliphatic hydroxyl groups excluding tert-OH is 1. The maximum atomic E-state index is 14.7. The first-order valence-electron chi connectivity index (χ1n) is 24.9. The standard InChI is InChI=1S/C51H65ClFN11O6S2/c1-30-42(71-29-59-30)31-6-7-32(22-58-45(66)36-21-34(65)27-64(36)47(68)43(49(2,3)4)60-48(69)51(53)11-12-51)37(20-31)70-35-9-16-62(17-10-35)46(67)33-25-63(26-33)44-41(52)38(8-15-55-44)72-40-24-56-39(23-57-40)61-18-13-50(5,28-54)14-19-61/h6-8,15,20,23-24,29,33-36,43,65H,9-14,16-19,21-22,25-28,54H2,1-5H3,(H,58,66)(H,60,69)/t34-,36+,43-/m1/s1. The minimum atomic E-state index is -1.98. The highest BCUT2D eigenvalue weighted by Gasteiger charge is 2.53. The minimum Gasteiger partial charge on any atom is -0.490 e. The van der Waals surface area contributed by atoms with Crippen molar-refractivity contribution in [2.75, 3.05) is 62.2 Å². The Balaban J connectivity index is 0.791. The number of nitrogens with two attached hydrogens (primary N) is 1. The van der Waals surface area contributed by atoms with Crippen molar-refractivity contribution >= 4 is 70.0 Å². The molecule has 9 rings (SSSR count). The number of β-amino-alcohol motifs (C(OH)–C–C–N with tert-alkyl or cyclic N) is 1. The number of ether oxygens (including phenoxy) is 1. The number of aromatic nitrogens is 4. The van der Waals surface area contributed by atoms with E-state index in [1.165, 1.54) is 28.0 Å². The Morgan fingerprint density at radius 1 is 1.00 bits per heavy atom. The third-order valence-corrected chi connectivity index (χ3v) is 17.3. The Kier molecular flexibility index (Phi) is 15.1. The van der Waals surface area contributed by atoms with Crippen LogP contribution in [-0.4, -0.2) is 141 Å². The van der Waals surface area contributed by atoms with Crippen LogP contribution in [0.15, 0.2) is 58.3 Å². The largest absolute Gasteiger partial charge is 0.490 e. The van der Waals surface area contributed by atoms with Gasteiger partial charge in [-0.3, -0.25) is 19.2 Å². The van der Waals surface area contributed by atoms with Crippen LogP contribution in [0.3, 0.4) is 0 Å². The molecule has 4 amide bonds. The average molecular weight is 1050 g/mol. The lowest BCUT2D eigenvalue weighted by atomic mass is 9.80. The molecule has 3 atom stereocenters. The Bertz CT molecular complexity index is 2650. The molecule has 4 saturated heterocycles. The number of nitrogens with zero attached hydrogens (tertiary/aromatic N) is 8. The van der Waals surface area contributed by atoms with Gasteiger partial charge < -0.3 is 45.8 Å². The molecule has 17 nitrogen and oxygen atoms in total. The van der Waals surface area contributed by atoms with E-state index in [1.807, 2.05) is 47.2 Å². The molecule has 4 aromatic rings. The average Bonchev–Trinajstić information content (AvgIpc) is 3.75. The maximum absolute atomic E-state index is 14.7. The fraction of sp³-hybridized carbons (Fsp3) is 0.569. The Hall–Kier alpha value is -5.15. The van der Waals surface area contributed by atoms with Gasteiger partial charge in [0.25, 0.3) is 5.91 Å². The summed E-state index contributed by atoms with van der Waals surface area (Å²) in [5.41, 5.74) is 7.69. The number of nitrogens with one attached hydrogen (secondary N) is 2. The van der Waals surface area contributed by atoms with Crippen LogP contribution in [0.1, 0.15) is 83.9 Å². The van der Waals surface area contributed by atoms with E-state index in [4.69, 9.17) is 27.1 Å². The van der Waals surface area contributed by atoms with E-state index >= 15 is 0 Å². The van der Waals surface area contributed by atoms with Crippen LogP contribution < -0.4 is 30.9 Å². The minimum absolute atomic E-state index is 0.0109. The van der Waals surface area contributed by atoms with E-state index in [1.54, 1.807) is 38.7 Å². The summed E-state index contributed by atoms with van der Waals surface area (Å²) in [5.74, 6) is 0.101. The summed E-state index contributed by atoms with van der Waals surface area (Å²) < 4.78 is 21.4. The number of rotatable bonds is 15. The maximum Gasteiger partial charge on any atom is 0.258 e. The monoisotopic (exact) mass is 1050 g/mol. The van der Waals surface area contributed by atoms with Crippen LogP contribution in [0.2, 0.25) is 5.02 Å². The molecule has 0 bridgehead atoms. The molecule has 5 fully saturated rings. The molecule has 7 heterocycles. The molecular formula is C51H65ClFN11O6S2. The number of halogens is 2. The van der Waals surface area contributed by atoms with Crippen molar-refractivity contribution in [1.82, 2.24) is 40.4 Å². The summed E-state index contributed by atoms with van der Waals surface area (Å²) in [4.78, 5) is 82.3. The number of benzene rings is 1. The number of aryl methyl sites for hydroxylation is 1. The summed E-state index contributed by atoms with van der Waals surface area (Å²) >= 11 is 9.89. The van der Waals surface area contributed by atoms with Gasteiger partial charge >= 0.3 is 0 Å². The lowest BCUT2D eigenvalue weighted by Crippen LogP contribution is -2.59. The van der Waals surface area contributed by atoms with Crippen LogP contribution in [-0.2, 0) is 25.7 Å². The predicted molar refractivity (Wildman–Crippen MR) is 275 cm³/mol. The molecule has 5 aliphatic rings. The molecule has 21 heteroatoms. The lowest BCUT2D eigenvalue weighted by Gasteiger charge is -2.43. The number of carbonyl (C=O) groups is 4. The van der Waals surface area contributed by atoms with E-state index in [0.717, 1.165) is 57.8 Å². The van der Waals surface area contributed by atoms with Crippen LogP contribution in [0.25, 0.3) is 10.4 Å². The number of anilines is 2. The lowest BCUT2D eigenvalue weighted by molar-refractivity contribution is -0.145. The molecule has 5 N–H and O–H groups in total. The van der Waals surface area contributed by atoms with Crippen molar-refractivity contribution in [1.29, 1.82) is 0 Å². The zero-order chi connectivity index (χ0) is 51.1.